The van der Waals surface area contributed by atoms with Crippen LogP contribution in [0, 0.1) is 35.2 Å². The lowest BCUT2D eigenvalue weighted by Gasteiger charge is -2.35. The van der Waals surface area contributed by atoms with Gasteiger partial charge in [0.1, 0.15) is 0 Å². The third-order valence-electron chi connectivity index (χ3n) is 6.05. The van der Waals surface area contributed by atoms with Crippen molar-refractivity contribution in [2.24, 2.45) is 17.8 Å². The van der Waals surface area contributed by atoms with E-state index in [0.717, 1.165) is 6.07 Å². The summed E-state index contributed by atoms with van der Waals surface area (Å²) >= 11 is 6.04. The number of sulfone groups is 1. The summed E-state index contributed by atoms with van der Waals surface area (Å²) in [4.78, 5) is 12.1. The van der Waals surface area contributed by atoms with E-state index >= 15 is 0 Å². The third kappa shape index (κ3) is 3.82. The highest BCUT2D eigenvalue weighted by molar-refractivity contribution is 7.91. The van der Waals surface area contributed by atoms with Crippen LogP contribution in [0.5, 0.6) is 0 Å². The molecule has 1 amide bonds. The van der Waals surface area contributed by atoms with Gasteiger partial charge in [-0.3, -0.25) is 4.79 Å². The van der Waals surface area contributed by atoms with E-state index in [1.807, 2.05) is 0 Å². The van der Waals surface area contributed by atoms with Crippen molar-refractivity contribution in [3.63, 3.8) is 0 Å². The molecule has 31 heavy (non-hydrogen) atoms. The van der Waals surface area contributed by atoms with Crippen molar-refractivity contribution in [1.82, 2.24) is 0 Å². The molecule has 3 N–H and O–H groups in total. The molecule has 6 nitrogen and oxygen atoms in total. The zero-order valence-electron chi connectivity index (χ0n) is 15.7. The Kier molecular flexibility index (Phi) is 5.53. The van der Waals surface area contributed by atoms with Crippen LogP contribution in [0.2, 0.25) is 5.02 Å². The summed E-state index contributed by atoms with van der Waals surface area (Å²) in [6.45, 7) is 0. The fourth-order valence-corrected chi connectivity index (χ4v) is 6.70. The maximum Gasteiger partial charge on any atom is 0.255 e. The number of halogens is 4. The maximum absolute atomic E-state index is 13.4. The van der Waals surface area contributed by atoms with Gasteiger partial charge in [0.25, 0.3) is 5.91 Å². The zero-order valence-corrected chi connectivity index (χ0v) is 17.3. The molecule has 3 aliphatic carbocycles. The zero-order chi connectivity index (χ0) is 22.7. The topological polar surface area (TPSA) is 104 Å². The number of amides is 1. The molecule has 3 aliphatic rings. The fourth-order valence-electron chi connectivity index (χ4n) is 4.38. The Hall–Kier alpha value is -2.14. The van der Waals surface area contributed by atoms with E-state index in [1.54, 1.807) is 0 Å². The van der Waals surface area contributed by atoms with Crippen LogP contribution in [0.4, 0.5) is 18.9 Å². The number of fused-ring (bicyclic) bond motifs is 1. The fraction of sp³-hybridized carbons (Fsp3) is 0.350. The average Bonchev–Trinajstić information content (AvgIpc) is 3.10. The van der Waals surface area contributed by atoms with Gasteiger partial charge < -0.3 is 15.5 Å². The summed E-state index contributed by atoms with van der Waals surface area (Å²) in [5.74, 6) is -6.95. The van der Waals surface area contributed by atoms with Crippen molar-refractivity contribution < 1.29 is 36.6 Å². The molecule has 2 aromatic carbocycles. The van der Waals surface area contributed by atoms with Gasteiger partial charge in [-0.15, -0.1) is 0 Å². The molecule has 0 heterocycles. The number of hydrogen-bond acceptors (Lipinski definition) is 5. The second-order valence-electron chi connectivity index (χ2n) is 7.84. The molecule has 0 spiro atoms. The monoisotopic (exact) mass is 475 g/mol. The molecule has 11 heteroatoms. The summed E-state index contributed by atoms with van der Waals surface area (Å²) in [5, 5.41) is 21.9. The minimum Gasteiger partial charge on any atom is -0.390 e. The molecular weight excluding hydrogens is 459 g/mol. The SMILES string of the molecule is O=C(Nc1cc(F)c(F)c(F)c1)c1ccc(Cl)c(S(=O)(=O)CC2C3CC2[C@@H](O)C3O)c1. The lowest BCUT2D eigenvalue weighted by atomic mass is 9.73. The Morgan fingerprint density at radius 1 is 1.06 bits per heavy atom. The number of hydrogen-bond donors (Lipinski definition) is 3. The predicted octanol–water partition coefficient (Wildman–Crippen LogP) is 2.77. The number of carbonyl (C=O) groups excluding carboxylic acids is 1. The van der Waals surface area contributed by atoms with Gasteiger partial charge in [-0.05, 0) is 42.4 Å². The van der Waals surface area contributed by atoms with Gasteiger partial charge >= 0.3 is 0 Å². The minimum atomic E-state index is -3.98. The first-order chi connectivity index (χ1) is 14.5. The van der Waals surface area contributed by atoms with Gasteiger partial charge in [0.05, 0.1) is 27.9 Å². The standard InChI is InChI=1S/C20H17ClF3NO5S/c21-13-2-1-8(20(28)25-9-4-14(22)17(24)15(23)5-9)3-16(13)31(29,30)7-12-10-6-11(12)19(27)18(10)26/h1-5,10-12,18-19,26-27H,6-7H2,(H,25,28)/t10?,11?,12?,18-,19?/m1/s1. The molecule has 0 radical (unpaired) electrons. The molecule has 2 aromatic rings. The van der Waals surface area contributed by atoms with Crippen LogP contribution in [-0.4, -0.2) is 42.5 Å². The molecule has 166 valence electrons. The number of aliphatic hydroxyl groups excluding tert-OH is 2. The number of benzene rings is 2. The largest absolute Gasteiger partial charge is 0.390 e. The summed E-state index contributed by atoms with van der Waals surface area (Å²) in [6.07, 6.45) is -1.38. The van der Waals surface area contributed by atoms with Crippen LogP contribution in [-0.2, 0) is 9.84 Å². The Morgan fingerprint density at radius 3 is 2.19 bits per heavy atom. The molecule has 0 aromatic heterocycles. The first-order valence-electron chi connectivity index (χ1n) is 9.34. The van der Waals surface area contributed by atoms with Crippen LogP contribution in [0.15, 0.2) is 35.2 Å². The van der Waals surface area contributed by atoms with Gasteiger partial charge in [-0.1, -0.05) is 11.6 Å². The Labute approximate surface area is 180 Å². The van der Waals surface area contributed by atoms with Gasteiger partial charge in [0, 0.05) is 23.4 Å². The second kappa shape index (κ2) is 7.77. The summed E-state index contributed by atoms with van der Waals surface area (Å²) < 4.78 is 65.6. The molecule has 5 rings (SSSR count). The van der Waals surface area contributed by atoms with Crippen molar-refractivity contribution >= 4 is 33.0 Å². The first kappa shape index (κ1) is 22.1. The number of nitrogens with one attached hydrogen (secondary N) is 1. The Balaban J connectivity index is 1.56. The van der Waals surface area contributed by atoms with Gasteiger partial charge in [0.2, 0.25) is 0 Å². The van der Waals surface area contributed by atoms with Crippen LogP contribution in [0.1, 0.15) is 16.8 Å². The van der Waals surface area contributed by atoms with Crippen molar-refractivity contribution in [2.75, 3.05) is 11.1 Å². The highest BCUT2D eigenvalue weighted by Gasteiger charge is 2.59. The summed E-state index contributed by atoms with van der Waals surface area (Å²) in [5.41, 5.74) is -0.500. The van der Waals surface area contributed by atoms with Crippen molar-refractivity contribution in [2.45, 2.75) is 23.5 Å². The van der Waals surface area contributed by atoms with Gasteiger partial charge in [0.15, 0.2) is 27.3 Å². The van der Waals surface area contributed by atoms with Crippen molar-refractivity contribution in [3.8, 4) is 0 Å². The van der Waals surface area contributed by atoms with E-state index in [1.165, 1.54) is 12.1 Å². The molecule has 3 saturated carbocycles. The van der Waals surface area contributed by atoms with Gasteiger partial charge in [-0.25, -0.2) is 21.6 Å². The van der Waals surface area contributed by atoms with E-state index < -0.39 is 51.3 Å². The Morgan fingerprint density at radius 2 is 1.65 bits per heavy atom. The highest BCUT2D eigenvalue weighted by Crippen LogP contribution is 2.54. The summed E-state index contributed by atoms with van der Waals surface area (Å²) in [7, 11) is -3.98. The Bertz CT molecular complexity index is 1140. The number of rotatable bonds is 5. The molecule has 5 atom stereocenters. The first-order valence-corrected chi connectivity index (χ1v) is 11.4. The molecule has 2 bridgehead atoms. The summed E-state index contributed by atoms with van der Waals surface area (Å²) in [6, 6.07) is 4.65. The van der Waals surface area contributed by atoms with Crippen molar-refractivity contribution in [1.29, 1.82) is 0 Å². The molecule has 0 saturated heterocycles. The molecular formula is C20H17ClF3NO5S. The van der Waals surface area contributed by atoms with E-state index in [0.29, 0.717) is 18.6 Å². The lowest BCUT2D eigenvalue weighted by molar-refractivity contribution is 0.0396. The average molecular weight is 476 g/mol. The van der Waals surface area contributed by atoms with E-state index in [-0.39, 0.29) is 38.8 Å². The third-order valence-corrected chi connectivity index (χ3v) is 8.33. The van der Waals surface area contributed by atoms with E-state index in [9.17, 15) is 36.6 Å². The molecule has 0 aliphatic heterocycles. The van der Waals surface area contributed by atoms with Crippen LogP contribution < -0.4 is 5.32 Å². The normalized spacial score (nSPS) is 27.1. The quantitative estimate of drug-likeness (QED) is 0.577. The maximum atomic E-state index is 13.4. The molecule has 4 unspecified atom stereocenters. The van der Waals surface area contributed by atoms with E-state index in [4.69, 9.17) is 11.6 Å². The lowest BCUT2D eigenvalue weighted by Crippen LogP contribution is -2.37. The van der Waals surface area contributed by atoms with Crippen LogP contribution in [0.25, 0.3) is 0 Å². The van der Waals surface area contributed by atoms with Crippen LogP contribution in [0.3, 0.4) is 0 Å². The van der Waals surface area contributed by atoms with Crippen LogP contribution >= 0.6 is 11.6 Å². The predicted molar refractivity (Wildman–Crippen MR) is 105 cm³/mol. The number of anilines is 1. The highest BCUT2D eigenvalue weighted by atomic mass is 35.5. The second-order valence-corrected chi connectivity index (χ2v) is 10.3. The number of carbonyl (C=O) groups is 1. The molecule has 3 fully saturated rings. The van der Waals surface area contributed by atoms with Crippen molar-refractivity contribution in [3.05, 3.63) is 58.4 Å². The van der Waals surface area contributed by atoms with E-state index in [2.05, 4.69) is 5.32 Å². The number of aliphatic hydroxyl groups is 2. The van der Waals surface area contributed by atoms with Gasteiger partial charge in [-0.2, -0.15) is 0 Å². The smallest absolute Gasteiger partial charge is 0.255 e. The minimum absolute atomic E-state index is 0.122.